The summed E-state index contributed by atoms with van der Waals surface area (Å²) in [6.45, 7) is 0. The lowest BCUT2D eigenvalue weighted by atomic mass is 10.3. The fourth-order valence-electron chi connectivity index (χ4n) is 1.02. The minimum Gasteiger partial charge on any atom is -0.297 e. The van der Waals surface area contributed by atoms with Gasteiger partial charge in [-0.1, -0.05) is 0 Å². The SMILES string of the molecule is O=Cc1scnc1C1CC1. The van der Waals surface area contributed by atoms with Crippen LogP contribution >= 0.6 is 11.3 Å². The van der Waals surface area contributed by atoms with Crippen LogP contribution in [-0.4, -0.2) is 11.3 Å². The van der Waals surface area contributed by atoms with E-state index in [0.717, 1.165) is 16.9 Å². The lowest BCUT2D eigenvalue weighted by Crippen LogP contribution is -1.83. The molecule has 0 radical (unpaired) electrons. The highest BCUT2D eigenvalue weighted by Crippen LogP contribution is 2.41. The molecule has 1 heterocycles. The number of carbonyl (C=O) groups is 1. The second-order valence-electron chi connectivity index (χ2n) is 2.49. The summed E-state index contributed by atoms with van der Waals surface area (Å²) in [6.07, 6.45) is 3.33. The van der Waals surface area contributed by atoms with Crippen molar-refractivity contribution in [3.8, 4) is 0 Å². The Bertz CT molecular complexity index is 252. The van der Waals surface area contributed by atoms with Crippen molar-refractivity contribution in [3.63, 3.8) is 0 Å². The van der Waals surface area contributed by atoms with Crippen LogP contribution in [0, 0.1) is 0 Å². The number of aromatic nitrogens is 1. The molecule has 2 nitrogen and oxygen atoms in total. The molecule has 1 aliphatic rings. The van der Waals surface area contributed by atoms with Crippen LogP contribution in [0.5, 0.6) is 0 Å². The second kappa shape index (κ2) is 2.16. The summed E-state index contributed by atoms with van der Waals surface area (Å²) in [6, 6.07) is 0. The quantitative estimate of drug-likeness (QED) is 0.607. The number of hydrogen-bond donors (Lipinski definition) is 0. The third-order valence-corrected chi connectivity index (χ3v) is 2.47. The van der Waals surface area contributed by atoms with Gasteiger partial charge in [-0.3, -0.25) is 4.79 Å². The molecular weight excluding hydrogens is 146 g/mol. The predicted molar refractivity (Wildman–Crippen MR) is 39.5 cm³/mol. The van der Waals surface area contributed by atoms with Crippen molar-refractivity contribution in [3.05, 3.63) is 16.1 Å². The number of aldehydes is 1. The van der Waals surface area contributed by atoms with E-state index in [1.165, 1.54) is 24.2 Å². The van der Waals surface area contributed by atoms with E-state index in [0.29, 0.717) is 5.92 Å². The summed E-state index contributed by atoms with van der Waals surface area (Å²) in [7, 11) is 0. The van der Waals surface area contributed by atoms with Gasteiger partial charge in [-0.2, -0.15) is 0 Å². The highest BCUT2D eigenvalue weighted by Gasteiger charge is 2.27. The summed E-state index contributed by atoms with van der Waals surface area (Å²) in [4.78, 5) is 15.3. The zero-order chi connectivity index (χ0) is 6.97. The maximum absolute atomic E-state index is 10.4. The molecular formula is C7H7NOS. The lowest BCUT2D eigenvalue weighted by molar-refractivity contribution is 0.112. The first-order valence-electron chi connectivity index (χ1n) is 3.30. The number of rotatable bonds is 2. The van der Waals surface area contributed by atoms with E-state index in [9.17, 15) is 4.79 Å². The Kier molecular flexibility index (Phi) is 1.31. The van der Waals surface area contributed by atoms with Crippen molar-refractivity contribution < 1.29 is 4.79 Å². The first kappa shape index (κ1) is 6.04. The van der Waals surface area contributed by atoms with Gasteiger partial charge in [0.05, 0.1) is 16.1 Å². The highest BCUT2D eigenvalue weighted by atomic mass is 32.1. The minimum atomic E-state index is 0.603. The molecule has 3 heteroatoms. The van der Waals surface area contributed by atoms with E-state index in [2.05, 4.69) is 4.98 Å². The number of thiazole rings is 1. The van der Waals surface area contributed by atoms with Crippen molar-refractivity contribution in [2.45, 2.75) is 18.8 Å². The van der Waals surface area contributed by atoms with Crippen LogP contribution in [0.1, 0.15) is 34.1 Å². The zero-order valence-electron chi connectivity index (χ0n) is 5.41. The third-order valence-electron chi connectivity index (χ3n) is 1.70. The molecule has 0 atom stereocenters. The van der Waals surface area contributed by atoms with Crippen molar-refractivity contribution in [2.24, 2.45) is 0 Å². The van der Waals surface area contributed by atoms with Crippen LogP contribution in [0.4, 0.5) is 0 Å². The van der Waals surface area contributed by atoms with Crippen molar-refractivity contribution in [1.82, 2.24) is 4.98 Å². The van der Waals surface area contributed by atoms with Crippen molar-refractivity contribution in [1.29, 1.82) is 0 Å². The summed E-state index contributed by atoms with van der Waals surface area (Å²) in [5, 5.41) is 0. The van der Waals surface area contributed by atoms with Gasteiger partial charge in [0.15, 0.2) is 6.29 Å². The maximum Gasteiger partial charge on any atom is 0.161 e. The van der Waals surface area contributed by atoms with E-state index in [1.54, 1.807) is 5.51 Å². The van der Waals surface area contributed by atoms with Gasteiger partial charge in [-0.05, 0) is 12.8 Å². The van der Waals surface area contributed by atoms with Gasteiger partial charge < -0.3 is 0 Å². The van der Waals surface area contributed by atoms with Crippen LogP contribution in [-0.2, 0) is 0 Å². The summed E-state index contributed by atoms with van der Waals surface area (Å²) >= 11 is 1.44. The molecule has 0 aliphatic heterocycles. The van der Waals surface area contributed by atoms with Crippen LogP contribution in [0.15, 0.2) is 5.51 Å². The molecule has 0 N–H and O–H groups in total. The molecule has 10 heavy (non-hydrogen) atoms. The highest BCUT2D eigenvalue weighted by molar-refractivity contribution is 7.11. The molecule has 2 rings (SSSR count). The van der Waals surface area contributed by atoms with Gasteiger partial charge in [-0.25, -0.2) is 4.98 Å². The van der Waals surface area contributed by atoms with Crippen LogP contribution in [0.2, 0.25) is 0 Å². The van der Waals surface area contributed by atoms with Gasteiger partial charge in [-0.15, -0.1) is 11.3 Å². The van der Waals surface area contributed by atoms with Gasteiger partial charge in [0.1, 0.15) is 0 Å². The van der Waals surface area contributed by atoms with Crippen LogP contribution in [0.3, 0.4) is 0 Å². The fourth-order valence-corrected chi connectivity index (χ4v) is 1.69. The van der Waals surface area contributed by atoms with Crippen LogP contribution < -0.4 is 0 Å². The fraction of sp³-hybridized carbons (Fsp3) is 0.429. The number of nitrogens with zero attached hydrogens (tertiary/aromatic N) is 1. The zero-order valence-corrected chi connectivity index (χ0v) is 6.23. The Balaban J connectivity index is 2.37. The third kappa shape index (κ3) is 0.865. The molecule has 0 bridgehead atoms. The Labute approximate surface area is 62.9 Å². The Morgan fingerprint density at radius 3 is 3.10 bits per heavy atom. The smallest absolute Gasteiger partial charge is 0.161 e. The number of carbonyl (C=O) groups excluding carboxylic acids is 1. The van der Waals surface area contributed by atoms with Crippen molar-refractivity contribution >= 4 is 17.6 Å². The van der Waals surface area contributed by atoms with Gasteiger partial charge in [0.25, 0.3) is 0 Å². The Morgan fingerprint density at radius 1 is 1.70 bits per heavy atom. The summed E-state index contributed by atoms with van der Waals surface area (Å²) in [5.41, 5.74) is 2.78. The maximum atomic E-state index is 10.4. The minimum absolute atomic E-state index is 0.603. The van der Waals surface area contributed by atoms with E-state index in [1.807, 2.05) is 0 Å². The predicted octanol–water partition coefficient (Wildman–Crippen LogP) is 1.83. The molecule has 0 spiro atoms. The molecule has 1 aromatic heterocycles. The first-order valence-corrected chi connectivity index (χ1v) is 4.18. The monoisotopic (exact) mass is 153 g/mol. The Hall–Kier alpha value is -0.700. The second-order valence-corrected chi connectivity index (χ2v) is 3.38. The molecule has 1 aromatic rings. The normalized spacial score (nSPS) is 17.2. The molecule has 1 saturated carbocycles. The summed E-state index contributed by atoms with van der Waals surface area (Å²) < 4.78 is 0. The van der Waals surface area contributed by atoms with Gasteiger partial charge >= 0.3 is 0 Å². The topological polar surface area (TPSA) is 30.0 Å². The van der Waals surface area contributed by atoms with Crippen LogP contribution in [0.25, 0.3) is 0 Å². The van der Waals surface area contributed by atoms with Gasteiger partial charge in [0, 0.05) is 5.92 Å². The van der Waals surface area contributed by atoms with E-state index < -0.39 is 0 Å². The molecule has 52 valence electrons. The van der Waals surface area contributed by atoms with E-state index in [-0.39, 0.29) is 0 Å². The average molecular weight is 153 g/mol. The first-order chi connectivity index (χ1) is 4.92. The standard InChI is InChI=1S/C7H7NOS/c9-3-6-7(5-1-2-5)8-4-10-6/h3-5H,1-2H2. The summed E-state index contributed by atoms with van der Waals surface area (Å²) in [5.74, 6) is 0.603. The number of hydrogen-bond acceptors (Lipinski definition) is 3. The molecule has 1 aliphatic carbocycles. The average Bonchev–Trinajstić information content (AvgIpc) is 2.69. The molecule has 1 fully saturated rings. The van der Waals surface area contributed by atoms with Gasteiger partial charge in [0.2, 0.25) is 0 Å². The molecule has 0 amide bonds. The molecule has 0 aromatic carbocycles. The lowest BCUT2D eigenvalue weighted by Gasteiger charge is -1.87. The van der Waals surface area contributed by atoms with E-state index in [4.69, 9.17) is 0 Å². The van der Waals surface area contributed by atoms with Crippen molar-refractivity contribution in [2.75, 3.05) is 0 Å². The Morgan fingerprint density at radius 2 is 2.50 bits per heavy atom. The van der Waals surface area contributed by atoms with E-state index >= 15 is 0 Å². The largest absolute Gasteiger partial charge is 0.297 e. The molecule has 0 unspecified atom stereocenters. The molecule has 0 saturated heterocycles.